The van der Waals surface area contributed by atoms with Gasteiger partial charge in [-0.3, -0.25) is 0 Å². The van der Waals surface area contributed by atoms with Gasteiger partial charge in [0.25, 0.3) is 0 Å². The molecule has 0 radical (unpaired) electrons. The molecule has 0 saturated heterocycles. The second-order valence-corrected chi connectivity index (χ2v) is 7.36. The van der Waals surface area contributed by atoms with Gasteiger partial charge < -0.3 is 0 Å². The molecule has 0 aliphatic heterocycles. The minimum atomic E-state index is 0.154. The van der Waals surface area contributed by atoms with Crippen LogP contribution in [0.25, 0.3) is 16.7 Å². The summed E-state index contributed by atoms with van der Waals surface area (Å²) in [6, 6.07) is 13.8. The van der Waals surface area contributed by atoms with Crippen molar-refractivity contribution in [3.63, 3.8) is 0 Å². The van der Waals surface area contributed by atoms with Crippen molar-refractivity contribution < 1.29 is 0 Å². The van der Waals surface area contributed by atoms with Gasteiger partial charge in [-0.1, -0.05) is 64.1 Å². The Morgan fingerprint density at radius 1 is 0.905 bits per heavy atom. The van der Waals surface area contributed by atoms with Gasteiger partial charge >= 0.3 is 0 Å². The van der Waals surface area contributed by atoms with E-state index < -0.39 is 0 Å². The molecule has 0 amide bonds. The van der Waals surface area contributed by atoms with E-state index in [1.165, 1.54) is 39.0 Å². The van der Waals surface area contributed by atoms with Crippen molar-refractivity contribution >= 4 is 5.57 Å². The molecule has 0 N–H and O–H groups in total. The maximum absolute atomic E-state index is 2.48. The molecule has 2 aliphatic rings. The summed E-state index contributed by atoms with van der Waals surface area (Å²) in [7, 11) is 0. The van der Waals surface area contributed by atoms with E-state index >= 15 is 0 Å². The maximum Gasteiger partial charge on any atom is 0.00876 e. The maximum atomic E-state index is 2.48. The lowest BCUT2D eigenvalue weighted by atomic mass is 9.85. The molecule has 0 heteroatoms. The molecule has 21 heavy (non-hydrogen) atoms. The van der Waals surface area contributed by atoms with Crippen molar-refractivity contribution in [2.24, 2.45) is 5.92 Å². The highest BCUT2D eigenvalue weighted by atomic mass is 14.4. The minimum Gasteiger partial charge on any atom is -0.0704 e. The third kappa shape index (κ3) is 1.75. The molecule has 0 saturated carbocycles. The molecule has 2 aliphatic carbocycles. The van der Waals surface area contributed by atoms with Crippen LogP contribution in [0.2, 0.25) is 0 Å². The molecule has 2 aromatic carbocycles. The van der Waals surface area contributed by atoms with Gasteiger partial charge in [-0.25, -0.2) is 0 Å². The van der Waals surface area contributed by atoms with Crippen LogP contribution in [0.4, 0.5) is 0 Å². The standard InChI is InChI=1S/C21H22/c1-13(2)19-12-21(3,4)20-11-17-15(10-18(19)20)9-14-7-5-6-8-16(14)17/h5-8,10-13H,9H2,1-4H3. The summed E-state index contributed by atoms with van der Waals surface area (Å²) in [5, 5.41) is 0. The molecule has 0 heterocycles. The second-order valence-electron chi connectivity index (χ2n) is 7.36. The molecule has 0 unspecified atom stereocenters. The average molecular weight is 274 g/mol. The van der Waals surface area contributed by atoms with Crippen LogP contribution in [0.3, 0.4) is 0 Å². The quantitative estimate of drug-likeness (QED) is 0.542. The summed E-state index contributed by atoms with van der Waals surface area (Å²) in [6.07, 6.45) is 3.56. The Morgan fingerprint density at radius 3 is 2.43 bits per heavy atom. The van der Waals surface area contributed by atoms with Crippen molar-refractivity contribution in [1.29, 1.82) is 0 Å². The van der Waals surface area contributed by atoms with Crippen LogP contribution in [0.15, 0.2) is 42.5 Å². The molecule has 0 bridgehead atoms. The lowest BCUT2D eigenvalue weighted by Gasteiger charge is -2.19. The van der Waals surface area contributed by atoms with Gasteiger partial charge in [0.1, 0.15) is 0 Å². The fourth-order valence-electron chi connectivity index (χ4n) is 3.98. The summed E-state index contributed by atoms with van der Waals surface area (Å²) in [5.41, 5.74) is 10.5. The van der Waals surface area contributed by atoms with Crippen LogP contribution in [0.5, 0.6) is 0 Å². The van der Waals surface area contributed by atoms with Crippen LogP contribution in [-0.2, 0) is 11.8 Å². The average Bonchev–Trinajstić information content (AvgIpc) is 2.92. The first-order chi connectivity index (χ1) is 9.97. The van der Waals surface area contributed by atoms with Gasteiger partial charge in [0.2, 0.25) is 0 Å². The van der Waals surface area contributed by atoms with Gasteiger partial charge in [0, 0.05) is 5.41 Å². The Balaban J connectivity index is 1.95. The van der Waals surface area contributed by atoms with E-state index in [2.05, 4.69) is 70.2 Å². The van der Waals surface area contributed by atoms with Crippen LogP contribution in [0, 0.1) is 5.92 Å². The summed E-state index contributed by atoms with van der Waals surface area (Å²) >= 11 is 0. The molecule has 2 aromatic rings. The third-order valence-corrected chi connectivity index (χ3v) is 5.08. The third-order valence-electron chi connectivity index (χ3n) is 5.08. The smallest absolute Gasteiger partial charge is 0.00876 e. The predicted octanol–water partition coefficient (Wildman–Crippen LogP) is 5.59. The Labute approximate surface area is 127 Å². The summed E-state index contributed by atoms with van der Waals surface area (Å²) < 4.78 is 0. The lowest BCUT2D eigenvalue weighted by Crippen LogP contribution is -2.10. The molecule has 0 spiro atoms. The highest BCUT2D eigenvalue weighted by molar-refractivity contribution is 5.85. The molecular weight excluding hydrogens is 252 g/mol. The molecule has 106 valence electrons. The number of allylic oxidation sites excluding steroid dienone is 2. The molecular formula is C21H22. The Hall–Kier alpha value is -1.82. The van der Waals surface area contributed by atoms with E-state index in [-0.39, 0.29) is 5.41 Å². The molecule has 0 atom stereocenters. The van der Waals surface area contributed by atoms with Crippen molar-refractivity contribution in [3.05, 3.63) is 64.7 Å². The Morgan fingerprint density at radius 2 is 1.67 bits per heavy atom. The number of fused-ring (bicyclic) bond motifs is 4. The normalized spacial score (nSPS) is 17.5. The SMILES string of the molecule is CC(C)C1=CC(C)(C)c2cc3c(cc21)Cc1ccccc1-3. The fourth-order valence-corrected chi connectivity index (χ4v) is 3.98. The van der Waals surface area contributed by atoms with Crippen LogP contribution in [-0.4, -0.2) is 0 Å². The van der Waals surface area contributed by atoms with Gasteiger partial charge in [-0.05, 0) is 57.4 Å². The van der Waals surface area contributed by atoms with Crippen LogP contribution < -0.4 is 0 Å². The Kier molecular flexibility index (Phi) is 2.52. The zero-order valence-electron chi connectivity index (χ0n) is 13.3. The van der Waals surface area contributed by atoms with E-state index in [1.54, 1.807) is 0 Å². The van der Waals surface area contributed by atoms with E-state index in [1.807, 2.05) is 0 Å². The lowest BCUT2D eigenvalue weighted by molar-refractivity contribution is 0.681. The zero-order chi connectivity index (χ0) is 14.8. The summed E-state index contributed by atoms with van der Waals surface area (Å²) in [4.78, 5) is 0. The number of hydrogen-bond donors (Lipinski definition) is 0. The van der Waals surface area contributed by atoms with Gasteiger partial charge in [0.05, 0.1) is 0 Å². The monoisotopic (exact) mass is 274 g/mol. The zero-order valence-corrected chi connectivity index (χ0v) is 13.3. The second kappa shape index (κ2) is 4.10. The van der Waals surface area contributed by atoms with E-state index in [0.29, 0.717) is 5.92 Å². The number of hydrogen-bond acceptors (Lipinski definition) is 0. The fraction of sp³-hybridized carbons (Fsp3) is 0.333. The number of benzene rings is 2. The van der Waals surface area contributed by atoms with Crippen molar-refractivity contribution in [3.8, 4) is 11.1 Å². The first kappa shape index (κ1) is 12.9. The topological polar surface area (TPSA) is 0 Å². The summed E-state index contributed by atoms with van der Waals surface area (Å²) in [5.74, 6) is 0.590. The van der Waals surface area contributed by atoms with Gasteiger partial charge in [-0.15, -0.1) is 0 Å². The van der Waals surface area contributed by atoms with Crippen molar-refractivity contribution in [2.45, 2.75) is 39.5 Å². The minimum absolute atomic E-state index is 0.154. The predicted molar refractivity (Wildman–Crippen MR) is 90.5 cm³/mol. The summed E-state index contributed by atoms with van der Waals surface area (Å²) in [6.45, 7) is 9.29. The van der Waals surface area contributed by atoms with Crippen LogP contribution in [0.1, 0.15) is 49.9 Å². The van der Waals surface area contributed by atoms with Gasteiger partial charge in [0.15, 0.2) is 0 Å². The largest absolute Gasteiger partial charge is 0.0704 e. The molecule has 4 rings (SSSR count). The highest BCUT2D eigenvalue weighted by Crippen LogP contribution is 2.48. The van der Waals surface area contributed by atoms with Crippen molar-refractivity contribution in [1.82, 2.24) is 0 Å². The van der Waals surface area contributed by atoms with Gasteiger partial charge in [-0.2, -0.15) is 0 Å². The first-order valence-electron chi connectivity index (χ1n) is 7.96. The Bertz CT molecular complexity index is 773. The molecule has 0 aromatic heterocycles. The van der Waals surface area contributed by atoms with Crippen LogP contribution >= 0.6 is 0 Å². The molecule has 0 nitrogen and oxygen atoms in total. The van der Waals surface area contributed by atoms with E-state index in [4.69, 9.17) is 0 Å². The van der Waals surface area contributed by atoms with E-state index in [9.17, 15) is 0 Å². The number of rotatable bonds is 1. The van der Waals surface area contributed by atoms with Crippen molar-refractivity contribution in [2.75, 3.05) is 0 Å². The highest BCUT2D eigenvalue weighted by Gasteiger charge is 2.33. The van der Waals surface area contributed by atoms with E-state index in [0.717, 1.165) is 6.42 Å². The molecule has 0 fully saturated rings. The first-order valence-corrected chi connectivity index (χ1v) is 7.96.